The summed E-state index contributed by atoms with van der Waals surface area (Å²) in [6.45, 7) is 2.05. The van der Waals surface area contributed by atoms with E-state index in [0.717, 1.165) is 40.3 Å². The minimum Gasteiger partial charge on any atom is -1.00 e. The zero-order chi connectivity index (χ0) is 19.3. The molecule has 1 saturated carbocycles. The average molecular weight is 470 g/mol. The highest BCUT2D eigenvalue weighted by Gasteiger charge is 2.68. The molecular weight excluding hydrogens is 438 g/mol. The number of hydrogen-bond acceptors (Lipinski definition) is 2. The van der Waals surface area contributed by atoms with E-state index in [0.29, 0.717) is 12.1 Å². The number of ether oxygens (including phenoxy) is 1. The van der Waals surface area contributed by atoms with Gasteiger partial charge in [0.2, 0.25) is 0 Å². The first-order valence-corrected chi connectivity index (χ1v) is 10.7. The van der Waals surface area contributed by atoms with Gasteiger partial charge in [0.15, 0.2) is 0 Å². The second-order valence-electron chi connectivity index (χ2n) is 10.0. The van der Waals surface area contributed by atoms with E-state index in [-0.39, 0.29) is 36.5 Å². The molecule has 4 aliphatic rings. The van der Waals surface area contributed by atoms with Crippen molar-refractivity contribution in [3.63, 3.8) is 0 Å². The average Bonchev–Trinajstić information content (AvgIpc) is 3.40. The molecule has 0 amide bonds. The van der Waals surface area contributed by atoms with Gasteiger partial charge in [-0.25, -0.2) is 0 Å². The Hall–Kier alpha value is -1.65. The molecule has 160 valence electrons. The number of halogens is 1. The molecule has 0 radical (unpaired) electrons. The van der Waals surface area contributed by atoms with E-state index in [2.05, 4.69) is 57.4 Å². The standard InChI is InChI=1S/C25H28NO2.CH4.BrH/c1-25(20-10-6-4-8-16(20)17-9-5-7-11-21(17)25)24(27)28-15-12-22-18-14-19(18)23(13-15)26(22,2)3;;/h4-11,15,18-19,22-23H,12-14H2,1-3H3;1H4;1H/q+1;;/p-1/t15?,18-,19?,22-,23?;;/m0../s1. The maximum Gasteiger partial charge on any atom is 0.321 e. The topological polar surface area (TPSA) is 26.3 Å². The summed E-state index contributed by atoms with van der Waals surface area (Å²) in [5.74, 6) is 1.66. The number of nitrogens with zero attached hydrogens (tertiary/aromatic N) is 1. The summed E-state index contributed by atoms with van der Waals surface area (Å²) in [7, 11) is 4.76. The minimum atomic E-state index is -0.711. The molecule has 3 fully saturated rings. The Morgan fingerprint density at radius 3 is 1.87 bits per heavy atom. The van der Waals surface area contributed by atoms with E-state index < -0.39 is 5.41 Å². The van der Waals surface area contributed by atoms with Crippen molar-refractivity contribution in [2.45, 2.75) is 57.2 Å². The predicted molar refractivity (Wildman–Crippen MR) is 115 cm³/mol. The van der Waals surface area contributed by atoms with E-state index in [9.17, 15) is 4.79 Å². The van der Waals surface area contributed by atoms with Gasteiger partial charge in [0, 0.05) is 24.7 Å². The van der Waals surface area contributed by atoms with Crippen LogP contribution in [0.4, 0.5) is 0 Å². The van der Waals surface area contributed by atoms with Crippen LogP contribution in [0.1, 0.15) is 44.7 Å². The van der Waals surface area contributed by atoms with Crippen molar-refractivity contribution < 1.29 is 31.0 Å². The number of piperidine rings is 2. The Morgan fingerprint density at radius 1 is 0.900 bits per heavy atom. The zero-order valence-corrected chi connectivity index (χ0v) is 18.9. The molecule has 3 unspecified atom stereocenters. The maximum atomic E-state index is 13.6. The minimum absolute atomic E-state index is 0. The number of carbonyl (C=O) groups excluding carboxylic acids is 1. The lowest BCUT2D eigenvalue weighted by atomic mass is 9.80. The lowest BCUT2D eigenvalue weighted by Crippen LogP contribution is -3.00. The SMILES string of the molecule is C.CC1(C(=O)OC2CC3C4C[C@@H]4[C@H](C2)[N+]3(C)C)c2ccccc2-c2ccccc21.[Br-]. The Bertz CT molecular complexity index is 935. The van der Waals surface area contributed by atoms with Crippen LogP contribution < -0.4 is 17.0 Å². The van der Waals surface area contributed by atoms with Gasteiger partial charge in [-0.2, -0.15) is 0 Å². The maximum absolute atomic E-state index is 13.6. The summed E-state index contributed by atoms with van der Waals surface area (Å²) < 4.78 is 7.42. The third-order valence-corrected chi connectivity index (χ3v) is 8.50. The summed E-state index contributed by atoms with van der Waals surface area (Å²) in [6, 6.07) is 17.9. The molecule has 2 aliphatic carbocycles. The molecule has 0 aromatic heterocycles. The van der Waals surface area contributed by atoms with Crippen molar-refractivity contribution in [1.29, 1.82) is 0 Å². The third kappa shape index (κ3) is 2.62. The van der Waals surface area contributed by atoms with E-state index >= 15 is 0 Å². The summed E-state index contributed by atoms with van der Waals surface area (Å²) in [5.41, 5.74) is 3.79. The fourth-order valence-electron chi connectivity index (χ4n) is 6.92. The van der Waals surface area contributed by atoms with E-state index in [1.807, 2.05) is 12.1 Å². The predicted octanol–water partition coefficient (Wildman–Crippen LogP) is 1.78. The number of carbonyl (C=O) groups is 1. The number of hydrogen-bond donors (Lipinski definition) is 0. The third-order valence-electron chi connectivity index (χ3n) is 8.50. The lowest BCUT2D eigenvalue weighted by molar-refractivity contribution is -0.937. The Morgan fingerprint density at radius 2 is 1.37 bits per heavy atom. The van der Waals surface area contributed by atoms with Crippen LogP contribution in [0.3, 0.4) is 0 Å². The zero-order valence-electron chi connectivity index (χ0n) is 17.3. The van der Waals surface area contributed by atoms with Crippen LogP contribution in [0.25, 0.3) is 11.1 Å². The van der Waals surface area contributed by atoms with Gasteiger partial charge in [-0.15, -0.1) is 0 Å². The second-order valence-corrected chi connectivity index (χ2v) is 10.0. The van der Waals surface area contributed by atoms with Crippen LogP contribution >= 0.6 is 0 Å². The second kappa shape index (κ2) is 6.93. The Labute approximate surface area is 190 Å². The fraction of sp³-hybridized carbons (Fsp3) is 0.500. The highest BCUT2D eigenvalue weighted by molar-refractivity contribution is 5.97. The van der Waals surface area contributed by atoms with Gasteiger partial charge in [0.25, 0.3) is 0 Å². The Kier molecular flexibility index (Phi) is 4.98. The van der Waals surface area contributed by atoms with Gasteiger partial charge in [-0.05, 0) is 35.6 Å². The van der Waals surface area contributed by atoms with E-state index in [1.165, 1.54) is 17.5 Å². The Balaban J connectivity index is 0.00000109. The first kappa shape index (κ1) is 21.6. The van der Waals surface area contributed by atoms with Gasteiger partial charge in [0.05, 0.1) is 26.2 Å². The molecule has 2 aliphatic heterocycles. The summed E-state index contributed by atoms with van der Waals surface area (Å²) in [4.78, 5) is 13.6. The van der Waals surface area contributed by atoms with E-state index in [1.54, 1.807) is 0 Å². The molecular formula is C26H32BrNO2. The quantitative estimate of drug-likeness (QED) is 0.494. The molecule has 2 aromatic rings. The first-order valence-electron chi connectivity index (χ1n) is 10.7. The highest BCUT2D eigenvalue weighted by Crippen LogP contribution is 2.61. The smallest absolute Gasteiger partial charge is 0.321 e. The van der Waals surface area contributed by atoms with Crippen LogP contribution in [0, 0.1) is 11.8 Å². The van der Waals surface area contributed by atoms with Crippen molar-refractivity contribution in [2.24, 2.45) is 11.8 Å². The van der Waals surface area contributed by atoms with Crippen molar-refractivity contribution in [2.75, 3.05) is 14.1 Å². The summed E-state index contributed by atoms with van der Waals surface area (Å²) in [6.07, 6.45) is 3.51. The van der Waals surface area contributed by atoms with E-state index in [4.69, 9.17) is 4.74 Å². The molecule has 3 nitrogen and oxygen atoms in total. The number of esters is 1. The monoisotopic (exact) mass is 469 g/mol. The van der Waals surface area contributed by atoms with Crippen molar-refractivity contribution in [3.05, 3.63) is 59.7 Å². The molecule has 0 N–H and O–H groups in total. The molecule has 0 spiro atoms. The van der Waals surface area contributed by atoms with Gasteiger partial charge >= 0.3 is 5.97 Å². The van der Waals surface area contributed by atoms with Crippen LogP contribution in [0.15, 0.2) is 48.5 Å². The number of fused-ring (bicyclic) bond motifs is 8. The van der Waals surface area contributed by atoms with Crippen LogP contribution in [0.5, 0.6) is 0 Å². The van der Waals surface area contributed by atoms with Crippen LogP contribution in [-0.4, -0.2) is 42.7 Å². The van der Waals surface area contributed by atoms with Gasteiger partial charge in [-0.3, -0.25) is 4.79 Å². The fourth-order valence-corrected chi connectivity index (χ4v) is 6.92. The van der Waals surface area contributed by atoms with Crippen molar-refractivity contribution >= 4 is 5.97 Å². The molecule has 2 aromatic carbocycles. The van der Waals surface area contributed by atoms with Crippen molar-refractivity contribution in [1.82, 2.24) is 0 Å². The molecule has 2 saturated heterocycles. The molecule has 4 heteroatoms. The van der Waals surface area contributed by atoms with Gasteiger partial charge in [0.1, 0.15) is 11.5 Å². The number of benzene rings is 2. The van der Waals surface area contributed by atoms with Gasteiger partial charge in [-0.1, -0.05) is 56.0 Å². The van der Waals surface area contributed by atoms with Crippen LogP contribution in [-0.2, 0) is 14.9 Å². The lowest BCUT2D eigenvalue weighted by Gasteiger charge is -2.46. The van der Waals surface area contributed by atoms with Crippen LogP contribution in [0.2, 0.25) is 0 Å². The number of rotatable bonds is 2. The summed E-state index contributed by atoms with van der Waals surface area (Å²) in [5, 5.41) is 0. The normalized spacial score (nSPS) is 32.6. The van der Waals surface area contributed by atoms with Gasteiger partial charge < -0.3 is 26.2 Å². The van der Waals surface area contributed by atoms with Crippen molar-refractivity contribution in [3.8, 4) is 11.1 Å². The highest BCUT2D eigenvalue weighted by atomic mass is 79.9. The number of quaternary nitrogens is 1. The largest absolute Gasteiger partial charge is 1.00 e. The summed E-state index contributed by atoms with van der Waals surface area (Å²) >= 11 is 0. The molecule has 5 atom stereocenters. The molecule has 6 rings (SSSR count). The first-order chi connectivity index (χ1) is 13.4. The molecule has 2 heterocycles. The molecule has 2 bridgehead atoms. The molecule has 30 heavy (non-hydrogen) atoms.